The summed E-state index contributed by atoms with van der Waals surface area (Å²) in [6.07, 6.45) is 9.28. The van der Waals surface area contributed by atoms with Gasteiger partial charge < -0.3 is 20.9 Å². The number of carbonyl (C=O) groups excluding carboxylic acids is 2. The van der Waals surface area contributed by atoms with E-state index < -0.39 is 5.91 Å². The van der Waals surface area contributed by atoms with Crippen LogP contribution in [0, 0.1) is 6.92 Å². The van der Waals surface area contributed by atoms with Crippen molar-refractivity contribution in [1.82, 2.24) is 10.1 Å². The average molecular weight is 431 g/mol. The zero-order valence-electron chi connectivity index (χ0n) is 19.0. The van der Waals surface area contributed by atoms with Gasteiger partial charge in [-0.2, -0.15) is 0 Å². The van der Waals surface area contributed by atoms with Gasteiger partial charge in [-0.15, -0.1) is 0 Å². The molecular formula is C24H38N4O3. The maximum Gasteiger partial charge on any atom is 0.270 e. The number of nitrogens with zero attached hydrogens (tertiary/aromatic N) is 2. The number of aromatic nitrogens is 1. The van der Waals surface area contributed by atoms with Crippen LogP contribution in [0.1, 0.15) is 79.6 Å². The van der Waals surface area contributed by atoms with Crippen molar-refractivity contribution in [3.8, 4) is 0 Å². The summed E-state index contributed by atoms with van der Waals surface area (Å²) >= 11 is 0. The van der Waals surface area contributed by atoms with E-state index in [1.165, 1.54) is 37.7 Å². The standard InChI is InChI=1S/C7H8N2O2.C7H8.C6H11NO.C4H11N/c8-7(10)5-3-6(11-9-5)4-1-2-4;1-7-5-3-2-4-6-7;8-6-7-4-2-1-3-5-7;1-2-3-4-5/h3-4H,1-2H2,(H2,8,10);2-6H,1H3;6H,1-5H2;2-5H2,1H3. The Morgan fingerprint density at radius 2 is 1.84 bits per heavy atom. The van der Waals surface area contributed by atoms with Gasteiger partial charge in [-0.05, 0) is 52.0 Å². The van der Waals surface area contributed by atoms with Crippen molar-refractivity contribution in [3.63, 3.8) is 0 Å². The van der Waals surface area contributed by atoms with Crippen LogP contribution in [0.25, 0.3) is 0 Å². The maximum absolute atomic E-state index is 10.6. The lowest BCUT2D eigenvalue weighted by Crippen LogP contribution is -2.27. The molecule has 172 valence electrons. The van der Waals surface area contributed by atoms with E-state index in [4.69, 9.17) is 16.0 Å². The summed E-state index contributed by atoms with van der Waals surface area (Å²) in [5.74, 6) is 0.745. The van der Waals surface area contributed by atoms with E-state index in [1.807, 2.05) is 23.1 Å². The molecule has 0 unspecified atom stereocenters. The summed E-state index contributed by atoms with van der Waals surface area (Å²) in [5.41, 5.74) is 11.7. The Morgan fingerprint density at radius 1 is 1.19 bits per heavy atom. The molecule has 1 aromatic carbocycles. The van der Waals surface area contributed by atoms with Gasteiger partial charge in [0.2, 0.25) is 6.41 Å². The molecule has 1 aliphatic carbocycles. The van der Waals surface area contributed by atoms with Gasteiger partial charge in [-0.25, -0.2) is 0 Å². The third-order valence-corrected chi connectivity index (χ3v) is 4.80. The summed E-state index contributed by atoms with van der Waals surface area (Å²) < 4.78 is 4.90. The number of primary amides is 1. The number of hydrogen-bond acceptors (Lipinski definition) is 5. The van der Waals surface area contributed by atoms with E-state index in [0.29, 0.717) is 5.92 Å². The monoisotopic (exact) mass is 430 g/mol. The second-order valence-electron chi connectivity index (χ2n) is 7.75. The molecular weight excluding hydrogens is 392 g/mol. The Morgan fingerprint density at radius 3 is 2.16 bits per heavy atom. The van der Waals surface area contributed by atoms with E-state index >= 15 is 0 Å². The van der Waals surface area contributed by atoms with Crippen LogP contribution in [-0.4, -0.2) is 42.0 Å². The lowest BCUT2D eigenvalue weighted by Gasteiger charge is -2.21. The molecule has 0 atom stereocenters. The molecule has 1 aliphatic heterocycles. The second-order valence-corrected chi connectivity index (χ2v) is 7.75. The fourth-order valence-electron chi connectivity index (χ4n) is 2.73. The number of nitrogens with two attached hydrogens (primary N) is 2. The fraction of sp³-hybridized carbons (Fsp3) is 0.542. The molecule has 4 rings (SSSR count). The Kier molecular flexibility index (Phi) is 13.7. The highest BCUT2D eigenvalue weighted by atomic mass is 16.5. The molecule has 0 spiro atoms. The molecule has 0 radical (unpaired) electrons. The van der Waals surface area contributed by atoms with Crippen molar-refractivity contribution in [3.05, 3.63) is 53.4 Å². The SMILES string of the molecule is CCCCN.Cc1ccccc1.NC(=O)c1cc(C2CC2)on1.O=CN1CCCCC1. The van der Waals surface area contributed by atoms with Crippen LogP contribution in [0.15, 0.2) is 40.9 Å². The fourth-order valence-corrected chi connectivity index (χ4v) is 2.73. The molecule has 2 heterocycles. The quantitative estimate of drug-likeness (QED) is 0.695. The van der Waals surface area contributed by atoms with Gasteiger partial charge in [0.05, 0.1) is 0 Å². The van der Waals surface area contributed by atoms with Crippen LogP contribution in [0.5, 0.6) is 0 Å². The third-order valence-electron chi connectivity index (χ3n) is 4.80. The molecule has 31 heavy (non-hydrogen) atoms. The van der Waals surface area contributed by atoms with Crippen molar-refractivity contribution >= 4 is 12.3 Å². The number of hydrogen-bond donors (Lipinski definition) is 2. The van der Waals surface area contributed by atoms with Gasteiger partial charge in [0.1, 0.15) is 5.76 Å². The van der Waals surface area contributed by atoms with Crippen molar-refractivity contribution < 1.29 is 14.1 Å². The zero-order valence-corrected chi connectivity index (χ0v) is 19.0. The lowest BCUT2D eigenvalue weighted by molar-refractivity contribution is -0.118. The average Bonchev–Trinajstić information content (AvgIpc) is 3.52. The van der Waals surface area contributed by atoms with Crippen LogP contribution in [0.3, 0.4) is 0 Å². The van der Waals surface area contributed by atoms with Gasteiger partial charge >= 0.3 is 0 Å². The van der Waals surface area contributed by atoms with Gasteiger partial charge in [0, 0.05) is 25.1 Å². The van der Waals surface area contributed by atoms with Crippen molar-refractivity contribution in [2.45, 2.75) is 64.7 Å². The highest BCUT2D eigenvalue weighted by molar-refractivity contribution is 5.90. The first-order valence-corrected chi connectivity index (χ1v) is 11.2. The first kappa shape index (κ1) is 26.4. The highest BCUT2D eigenvalue weighted by Gasteiger charge is 2.28. The highest BCUT2D eigenvalue weighted by Crippen LogP contribution is 2.40. The van der Waals surface area contributed by atoms with E-state index in [-0.39, 0.29) is 5.69 Å². The van der Waals surface area contributed by atoms with Gasteiger partial charge in [0.25, 0.3) is 5.91 Å². The van der Waals surface area contributed by atoms with E-state index in [9.17, 15) is 9.59 Å². The molecule has 1 saturated heterocycles. The maximum atomic E-state index is 10.6. The number of likely N-dealkylation sites (tertiary alicyclic amines) is 1. The molecule has 7 nitrogen and oxygen atoms in total. The first-order chi connectivity index (χ1) is 15.0. The van der Waals surface area contributed by atoms with Crippen LogP contribution < -0.4 is 11.5 Å². The largest absolute Gasteiger partial charge is 0.364 e. The number of rotatable bonds is 5. The minimum Gasteiger partial charge on any atom is -0.364 e. The van der Waals surface area contributed by atoms with Crippen LogP contribution >= 0.6 is 0 Å². The number of aryl methyl sites for hydroxylation is 1. The molecule has 2 fully saturated rings. The normalized spacial score (nSPS) is 14.6. The molecule has 2 amide bonds. The van der Waals surface area contributed by atoms with E-state index in [1.54, 1.807) is 6.07 Å². The van der Waals surface area contributed by atoms with Gasteiger partial charge in [-0.1, -0.05) is 54.4 Å². The summed E-state index contributed by atoms with van der Waals surface area (Å²) in [7, 11) is 0. The molecule has 2 aromatic rings. The Bertz CT molecular complexity index is 721. The molecule has 2 aliphatic rings. The summed E-state index contributed by atoms with van der Waals surface area (Å²) in [4.78, 5) is 22.5. The number of unbranched alkanes of at least 4 members (excludes halogenated alkanes) is 1. The number of amides is 2. The smallest absolute Gasteiger partial charge is 0.270 e. The number of piperidine rings is 1. The number of benzene rings is 1. The van der Waals surface area contributed by atoms with Gasteiger partial charge in [-0.3, -0.25) is 9.59 Å². The lowest BCUT2D eigenvalue weighted by atomic mass is 10.1. The minimum atomic E-state index is -0.527. The van der Waals surface area contributed by atoms with Crippen LogP contribution in [0.2, 0.25) is 0 Å². The topological polar surface area (TPSA) is 115 Å². The first-order valence-electron chi connectivity index (χ1n) is 11.2. The molecule has 1 aromatic heterocycles. The summed E-state index contributed by atoms with van der Waals surface area (Å²) in [6.45, 7) is 7.01. The van der Waals surface area contributed by atoms with Crippen LogP contribution in [0.4, 0.5) is 0 Å². The summed E-state index contributed by atoms with van der Waals surface area (Å²) in [6, 6.07) is 11.9. The van der Waals surface area contributed by atoms with Crippen molar-refractivity contribution in [2.75, 3.05) is 19.6 Å². The predicted octanol–water partition coefficient (Wildman–Crippen LogP) is 4.02. The van der Waals surface area contributed by atoms with E-state index in [0.717, 1.165) is 44.6 Å². The molecule has 0 bridgehead atoms. The van der Waals surface area contributed by atoms with Gasteiger partial charge in [0.15, 0.2) is 5.69 Å². The second kappa shape index (κ2) is 16.1. The van der Waals surface area contributed by atoms with Crippen molar-refractivity contribution in [2.24, 2.45) is 11.5 Å². The molecule has 4 N–H and O–H groups in total. The van der Waals surface area contributed by atoms with E-state index in [2.05, 4.69) is 31.1 Å². The molecule has 1 saturated carbocycles. The zero-order chi connectivity index (χ0) is 22.9. The third kappa shape index (κ3) is 12.6. The van der Waals surface area contributed by atoms with Crippen LogP contribution in [-0.2, 0) is 4.79 Å². The summed E-state index contributed by atoms with van der Waals surface area (Å²) in [5, 5.41) is 3.53. The minimum absolute atomic E-state index is 0.229. The Labute approximate surface area is 186 Å². The Hall–Kier alpha value is -2.67. The number of carbonyl (C=O) groups is 2. The predicted molar refractivity (Wildman–Crippen MR) is 124 cm³/mol. The molecule has 7 heteroatoms. The van der Waals surface area contributed by atoms with Crippen molar-refractivity contribution in [1.29, 1.82) is 0 Å². The Balaban J connectivity index is 0.000000216.